The topological polar surface area (TPSA) is 66.4 Å². The molecule has 0 spiro atoms. The number of hydrogen-bond acceptors (Lipinski definition) is 4. The highest BCUT2D eigenvalue weighted by Crippen LogP contribution is 2.23. The Morgan fingerprint density at radius 1 is 1.03 bits per heavy atom. The van der Waals surface area contributed by atoms with Crippen molar-refractivity contribution in [3.8, 4) is 0 Å². The molecule has 3 rings (SSSR count). The third-order valence-corrected chi connectivity index (χ3v) is 4.49. The number of pyridine rings is 1. The lowest BCUT2D eigenvalue weighted by atomic mass is 10.1. The van der Waals surface area contributed by atoms with E-state index in [1.807, 2.05) is 57.2 Å². The van der Waals surface area contributed by atoms with Gasteiger partial charge in [-0.2, -0.15) is 0 Å². The smallest absolute Gasteiger partial charge is 0.256 e. The number of anilines is 2. The van der Waals surface area contributed by atoms with Crippen LogP contribution < -0.4 is 10.6 Å². The number of aryl methyl sites for hydroxylation is 2. The molecule has 146 valence electrons. The number of hydrogen-bond donors (Lipinski definition) is 2. The zero-order valence-electron chi connectivity index (χ0n) is 16.9. The number of carbonyl (C=O) groups is 1. The van der Waals surface area contributed by atoms with E-state index in [1.165, 1.54) is 0 Å². The Morgan fingerprint density at radius 3 is 2.34 bits per heavy atom. The Bertz CT molecular complexity index is 1050. The Balaban J connectivity index is 1.80. The van der Waals surface area contributed by atoms with E-state index in [0.717, 1.165) is 33.8 Å². The first kappa shape index (κ1) is 20.0. The summed E-state index contributed by atoms with van der Waals surface area (Å²) in [5.41, 5.74) is 6.26. The zero-order chi connectivity index (χ0) is 20.8. The van der Waals surface area contributed by atoms with Gasteiger partial charge in [0.05, 0.1) is 5.69 Å². The summed E-state index contributed by atoms with van der Waals surface area (Å²) in [5, 5.41) is 5.89. The van der Waals surface area contributed by atoms with Crippen molar-refractivity contribution in [2.75, 3.05) is 10.6 Å². The summed E-state index contributed by atoms with van der Waals surface area (Å²) in [4.78, 5) is 21.5. The minimum absolute atomic E-state index is 0.196. The van der Waals surface area contributed by atoms with Gasteiger partial charge in [-0.3, -0.25) is 9.79 Å². The maximum atomic E-state index is 12.5. The van der Waals surface area contributed by atoms with Gasteiger partial charge in [0.15, 0.2) is 0 Å². The second kappa shape index (κ2) is 8.97. The van der Waals surface area contributed by atoms with Crippen LogP contribution in [0.15, 0.2) is 78.6 Å². The van der Waals surface area contributed by atoms with Gasteiger partial charge in [-0.15, -0.1) is 0 Å². The van der Waals surface area contributed by atoms with Crippen molar-refractivity contribution in [3.63, 3.8) is 0 Å². The summed E-state index contributed by atoms with van der Waals surface area (Å²) in [6.45, 7) is 9.55. The van der Waals surface area contributed by atoms with Gasteiger partial charge >= 0.3 is 0 Å². The maximum absolute atomic E-state index is 12.5. The molecule has 0 aliphatic rings. The lowest BCUT2D eigenvalue weighted by Crippen LogP contribution is -2.12. The van der Waals surface area contributed by atoms with Crippen molar-refractivity contribution in [2.45, 2.75) is 20.8 Å². The third kappa shape index (κ3) is 5.17. The van der Waals surface area contributed by atoms with Crippen molar-refractivity contribution in [3.05, 3.63) is 95.8 Å². The van der Waals surface area contributed by atoms with E-state index < -0.39 is 0 Å². The fourth-order valence-corrected chi connectivity index (χ4v) is 2.77. The van der Waals surface area contributed by atoms with Crippen molar-refractivity contribution < 1.29 is 4.79 Å². The number of nitrogens with one attached hydrogen (secondary N) is 2. The average molecular weight is 384 g/mol. The van der Waals surface area contributed by atoms with Gasteiger partial charge in [0.1, 0.15) is 5.82 Å². The van der Waals surface area contributed by atoms with Crippen LogP contribution in [0.4, 0.5) is 17.2 Å². The molecule has 5 nitrogen and oxygen atoms in total. The van der Waals surface area contributed by atoms with Crippen LogP contribution in [0.1, 0.15) is 34.0 Å². The summed E-state index contributed by atoms with van der Waals surface area (Å²) >= 11 is 0. The summed E-state index contributed by atoms with van der Waals surface area (Å²) in [6, 6.07) is 17.2. The third-order valence-electron chi connectivity index (χ3n) is 4.49. The van der Waals surface area contributed by atoms with Crippen molar-refractivity contribution in [1.29, 1.82) is 0 Å². The quantitative estimate of drug-likeness (QED) is 0.540. The molecule has 0 aliphatic carbocycles. The van der Waals surface area contributed by atoms with Crippen LogP contribution in [0, 0.1) is 13.8 Å². The molecule has 1 aromatic heterocycles. The summed E-state index contributed by atoms with van der Waals surface area (Å²) in [5.74, 6) is 0.275. The number of aromatic nitrogens is 1. The molecule has 0 atom stereocenters. The first-order chi connectivity index (χ1) is 14.0. The minimum atomic E-state index is -0.196. The number of carbonyl (C=O) groups excluding carboxylic acids is 1. The molecule has 0 saturated heterocycles. The minimum Gasteiger partial charge on any atom is -0.362 e. The molecule has 1 amide bonds. The second-order valence-corrected chi connectivity index (χ2v) is 6.80. The van der Waals surface area contributed by atoms with E-state index in [0.29, 0.717) is 11.4 Å². The highest BCUT2D eigenvalue weighted by atomic mass is 16.1. The predicted molar refractivity (Wildman–Crippen MR) is 120 cm³/mol. The Labute approximate surface area is 171 Å². The Hall–Kier alpha value is -3.73. The van der Waals surface area contributed by atoms with Crippen LogP contribution in [0.2, 0.25) is 0 Å². The monoisotopic (exact) mass is 384 g/mol. The number of aliphatic imine (C=N–C) groups is 1. The Kier molecular flexibility index (Phi) is 6.19. The molecule has 5 heteroatoms. The first-order valence-corrected chi connectivity index (χ1v) is 9.34. The lowest BCUT2D eigenvalue weighted by Gasteiger charge is -2.09. The zero-order valence-corrected chi connectivity index (χ0v) is 16.9. The van der Waals surface area contributed by atoms with Crippen LogP contribution in [-0.2, 0) is 0 Å². The standard InChI is InChI=1S/C24H24N4O/c1-5-25-21-12-10-19(11-13-21)18(4)27-22-14-23(26-15-17(22)3)28-24(29)20-8-6-16(2)7-9-20/h5-15,25H,1H2,2-4H3,(H,26,28,29). The van der Waals surface area contributed by atoms with Gasteiger partial charge in [0, 0.05) is 29.2 Å². The molecular formula is C24H24N4O. The fourth-order valence-electron chi connectivity index (χ4n) is 2.77. The number of nitrogens with zero attached hydrogens (tertiary/aromatic N) is 2. The molecule has 3 aromatic rings. The largest absolute Gasteiger partial charge is 0.362 e. The molecule has 0 aliphatic heterocycles. The van der Waals surface area contributed by atoms with Crippen LogP contribution in [0.25, 0.3) is 0 Å². The SMILES string of the molecule is C=CNc1ccc(C(C)=Nc2cc(NC(=O)c3ccc(C)cc3)ncc2C)cc1. The predicted octanol–water partition coefficient (Wildman–Crippen LogP) is 5.65. The van der Waals surface area contributed by atoms with Gasteiger partial charge in [-0.25, -0.2) is 4.98 Å². The van der Waals surface area contributed by atoms with E-state index in [9.17, 15) is 4.79 Å². The first-order valence-electron chi connectivity index (χ1n) is 9.34. The molecule has 2 N–H and O–H groups in total. The van der Waals surface area contributed by atoms with E-state index in [4.69, 9.17) is 4.99 Å². The van der Waals surface area contributed by atoms with Crippen molar-refractivity contribution in [2.24, 2.45) is 4.99 Å². The van der Waals surface area contributed by atoms with E-state index in [1.54, 1.807) is 30.6 Å². The van der Waals surface area contributed by atoms with Crippen LogP contribution in [-0.4, -0.2) is 16.6 Å². The van der Waals surface area contributed by atoms with Gasteiger partial charge in [-0.1, -0.05) is 36.4 Å². The van der Waals surface area contributed by atoms with Gasteiger partial charge in [-0.05, 0) is 62.4 Å². The molecule has 29 heavy (non-hydrogen) atoms. The maximum Gasteiger partial charge on any atom is 0.256 e. The van der Waals surface area contributed by atoms with E-state index in [2.05, 4.69) is 22.2 Å². The fraction of sp³-hybridized carbons (Fsp3) is 0.125. The molecule has 1 heterocycles. The lowest BCUT2D eigenvalue weighted by molar-refractivity contribution is 0.102. The Morgan fingerprint density at radius 2 is 1.69 bits per heavy atom. The highest BCUT2D eigenvalue weighted by Gasteiger charge is 2.09. The van der Waals surface area contributed by atoms with E-state index >= 15 is 0 Å². The van der Waals surface area contributed by atoms with Crippen molar-refractivity contribution >= 4 is 28.8 Å². The highest BCUT2D eigenvalue weighted by molar-refractivity contribution is 6.04. The molecule has 0 bridgehead atoms. The van der Waals surface area contributed by atoms with Gasteiger partial charge < -0.3 is 10.6 Å². The molecule has 0 saturated carbocycles. The summed E-state index contributed by atoms with van der Waals surface area (Å²) in [6.07, 6.45) is 3.36. The average Bonchev–Trinajstić information content (AvgIpc) is 2.71. The molecular weight excluding hydrogens is 360 g/mol. The normalized spacial score (nSPS) is 11.1. The summed E-state index contributed by atoms with van der Waals surface area (Å²) < 4.78 is 0. The van der Waals surface area contributed by atoms with Gasteiger partial charge in [0.2, 0.25) is 0 Å². The van der Waals surface area contributed by atoms with Crippen molar-refractivity contribution in [1.82, 2.24) is 4.98 Å². The van der Waals surface area contributed by atoms with E-state index in [-0.39, 0.29) is 5.91 Å². The second-order valence-electron chi connectivity index (χ2n) is 6.80. The molecule has 0 fully saturated rings. The number of amides is 1. The molecule has 2 aromatic carbocycles. The number of benzene rings is 2. The van der Waals surface area contributed by atoms with Crippen LogP contribution in [0.5, 0.6) is 0 Å². The number of rotatable bonds is 6. The molecule has 0 unspecified atom stereocenters. The van der Waals surface area contributed by atoms with Crippen LogP contribution in [0.3, 0.4) is 0 Å². The van der Waals surface area contributed by atoms with Crippen LogP contribution >= 0.6 is 0 Å². The summed E-state index contributed by atoms with van der Waals surface area (Å²) in [7, 11) is 0. The molecule has 0 radical (unpaired) electrons. The van der Waals surface area contributed by atoms with Gasteiger partial charge in [0.25, 0.3) is 5.91 Å².